The van der Waals surface area contributed by atoms with Crippen LogP contribution in [0.5, 0.6) is 5.75 Å². The molecule has 0 saturated heterocycles. The monoisotopic (exact) mass is 483 g/mol. The van der Waals surface area contributed by atoms with E-state index in [4.69, 9.17) is 15.8 Å². The number of halogens is 1. The summed E-state index contributed by atoms with van der Waals surface area (Å²) in [6, 6.07) is 12.4. The number of allylic oxidation sites excluding steroid dienone is 4. The van der Waals surface area contributed by atoms with Gasteiger partial charge in [0.05, 0.1) is 0 Å². The molecule has 6 nitrogen and oxygen atoms in total. The fraction of sp³-hybridized carbons (Fsp3) is 0.280. The van der Waals surface area contributed by atoms with E-state index in [0.29, 0.717) is 34.6 Å². The van der Waals surface area contributed by atoms with Crippen molar-refractivity contribution in [2.45, 2.75) is 49.3 Å². The maximum atomic E-state index is 12.9. The highest BCUT2D eigenvalue weighted by molar-refractivity contribution is 7.87. The Bertz CT molecular complexity index is 1280. The summed E-state index contributed by atoms with van der Waals surface area (Å²) in [5, 5.41) is 3.80. The number of nitrogens with one attached hydrogen (secondary N) is 1. The Hall–Kier alpha value is -2.90. The minimum absolute atomic E-state index is 0.0147. The molecule has 0 unspecified atom stereocenters. The third-order valence-electron chi connectivity index (χ3n) is 6.29. The summed E-state index contributed by atoms with van der Waals surface area (Å²) in [6.07, 6.45) is 3.93. The minimum Gasteiger partial charge on any atom is -0.379 e. The van der Waals surface area contributed by atoms with Crippen LogP contribution in [0.2, 0.25) is 5.02 Å². The second-order valence-electron chi connectivity index (χ2n) is 8.46. The van der Waals surface area contributed by atoms with E-state index < -0.39 is 16.0 Å². The molecule has 0 bridgehead atoms. The van der Waals surface area contributed by atoms with E-state index in [1.54, 1.807) is 18.2 Å². The molecule has 1 N–H and O–H groups in total. The minimum atomic E-state index is -4.07. The van der Waals surface area contributed by atoms with E-state index in [-0.39, 0.29) is 22.2 Å². The van der Waals surface area contributed by atoms with Crippen LogP contribution in [0.25, 0.3) is 0 Å². The van der Waals surface area contributed by atoms with Crippen LogP contribution in [-0.2, 0) is 19.7 Å². The average molecular weight is 484 g/mol. The van der Waals surface area contributed by atoms with Crippen LogP contribution in [-0.4, -0.2) is 20.0 Å². The highest BCUT2D eigenvalue weighted by Gasteiger charge is 2.40. The number of hydrogen-bond acceptors (Lipinski definition) is 6. The lowest BCUT2D eigenvalue weighted by molar-refractivity contribution is -0.117. The molecule has 5 rings (SSSR count). The molecular formula is C25H22ClNO5S. The van der Waals surface area contributed by atoms with Gasteiger partial charge in [-0.15, -0.1) is 0 Å². The molecule has 170 valence electrons. The van der Waals surface area contributed by atoms with E-state index in [1.807, 2.05) is 6.07 Å². The third-order valence-corrected chi connectivity index (χ3v) is 7.80. The van der Waals surface area contributed by atoms with Gasteiger partial charge in [-0.3, -0.25) is 9.59 Å². The fourth-order valence-corrected chi connectivity index (χ4v) is 5.89. The molecule has 1 aliphatic heterocycles. The van der Waals surface area contributed by atoms with Crippen molar-refractivity contribution in [1.29, 1.82) is 0 Å². The van der Waals surface area contributed by atoms with Crippen LogP contribution in [0.3, 0.4) is 0 Å². The first-order chi connectivity index (χ1) is 15.8. The number of benzene rings is 2. The molecule has 0 amide bonds. The standard InChI is InChI=1S/C25H22ClNO5S/c26-16-10-12-18(13-11-16)33(30,31)32-17-5-1-4-15(14-17)23-24-19(6-2-8-21(24)28)27-20-7-3-9-22(29)25(20)23/h1,4-5,10-14,23,27H,2-3,6-9H2. The third kappa shape index (κ3) is 4.11. The lowest BCUT2D eigenvalue weighted by atomic mass is 9.71. The SMILES string of the molecule is O=C1CCCC2=C1C(c1cccc(OS(=O)(=O)c3ccc(Cl)cc3)c1)C1=C(CCCC1=O)N2. The van der Waals surface area contributed by atoms with Gasteiger partial charge in [0.1, 0.15) is 10.6 Å². The summed E-state index contributed by atoms with van der Waals surface area (Å²) in [4.78, 5) is 25.9. The van der Waals surface area contributed by atoms with Crippen LogP contribution >= 0.6 is 11.6 Å². The van der Waals surface area contributed by atoms with Crippen molar-refractivity contribution < 1.29 is 22.2 Å². The second-order valence-corrected chi connectivity index (χ2v) is 10.4. The molecule has 0 spiro atoms. The highest BCUT2D eigenvalue weighted by Crippen LogP contribution is 2.45. The topological polar surface area (TPSA) is 89.5 Å². The Kier molecular flexibility index (Phi) is 5.62. The predicted octanol–water partition coefficient (Wildman–Crippen LogP) is 4.81. The summed E-state index contributed by atoms with van der Waals surface area (Å²) in [6.45, 7) is 0. The molecule has 8 heteroatoms. The normalized spacial score (nSPS) is 19.2. The zero-order chi connectivity index (χ0) is 23.2. The maximum absolute atomic E-state index is 12.9. The first kappa shape index (κ1) is 21.9. The van der Waals surface area contributed by atoms with Gasteiger partial charge in [-0.05, 0) is 67.6 Å². The number of Topliss-reactive ketones (excluding diaryl/α,β-unsaturated/α-hetero) is 2. The number of hydrogen-bond donors (Lipinski definition) is 1. The lowest BCUT2D eigenvalue weighted by Gasteiger charge is -2.37. The van der Waals surface area contributed by atoms with Gasteiger partial charge in [0.15, 0.2) is 11.6 Å². The summed E-state index contributed by atoms with van der Waals surface area (Å²) < 4.78 is 30.9. The number of dihydropyridines is 1. The van der Waals surface area contributed by atoms with E-state index in [9.17, 15) is 18.0 Å². The highest BCUT2D eigenvalue weighted by atomic mass is 35.5. The summed E-state index contributed by atoms with van der Waals surface area (Å²) in [5.41, 5.74) is 3.67. The summed E-state index contributed by atoms with van der Waals surface area (Å²) in [7, 11) is -4.07. The number of carbonyl (C=O) groups excluding carboxylic acids is 2. The van der Waals surface area contributed by atoms with E-state index >= 15 is 0 Å². The van der Waals surface area contributed by atoms with E-state index in [2.05, 4.69) is 5.32 Å². The fourth-order valence-electron chi connectivity index (χ4n) is 4.84. The number of rotatable bonds is 4. The molecule has 0 atom stereocenters. The molecule has 1 heterocycles. The van der Waals surface area contributed by atoms with Gasteiger partial charge in [0.25, 0.3) is 0 Å². The molecule has 2 aromatic carbocycles. The first-order valence-corrected chi connectivity index (χ1v) is 12.7. The van der Waals surface area contributed by atoms with Crippen LogP contribution in [0.1, 0.15) is 50.0 Å². The summed E-state index contributed by atoms with van der Waals surface area (Å²) in [5.74, 6) is -0.340. The summed E-state index contributed by atoms with van der Waals surface area (Å²) >= 11 is 5.86. The number of ketones is 2. The van der Waals surface area contributed by atoms with Gasteiger partial charge >= 0.3 is 10.1 Å². The Morgan fingerprint density at radius 3 is 2.06 bits per heavy atom. The first-order valence-electron chi connectivity index (χ1n) is 10.9. The largest absolute Gasteiger partial charge is 0.379 e. The molecular weight excluding hydrogens is 462 g/mol. The molecule has 0 radical (unpaired) electrons. The van der Waals surface area contributed by atoms with Crippen molar-refractivity contribution >= 4 is 33.3 Å². The van der Waals surface area contributed by atoms with Gasteiger partial charge in [0, 0.05) is 46.3 Å². The van der Waals surface area contributed by atoms with Crippen molar-refractivity contribution in [3.63, 3.8) is 0 Å². The van der Waals surface area contributed by atoms with Crippen LogP contribution in [0.15, 0.2) is 76.0 Å². The molecule has 0 aromatic heterocycles. The van der Waals surface area contributed by atoms with E-state index in [1.165, 1.54) is 24.3 Å². The quantitative estimate of drug-likeness (QED) is 0.628. The Balaban J connectivity index is 1.56. The van der Waals surface area contributed by atoms with Crippen LogP contribution in [0.4, 0.5) is 0 Å². The molecule has 33 heavy (non-hydrogen) atoms. The Labute approximate surface area is 197 Å². The van der Waals surface area contributed by atoms with Gasteiger partial charge in [0.2, 0.25) is 0 Å². The van der Waals surface area contributed by atoms with Gasteiger partial charge in [-0.1, -0.05) is 23.7 Å². The van der Waals surface area contributed by atoms with Gasteiger partial charge in [-0.2, -0.15) is 8.42 Å². The van der Waals surface area contributed by atoms with Crippen molar-refractivity contribution in [1.82, 2.24) is 5.32 Å². The molecule has 2 aromatic rings. The molecule has 0 fully saturated rings. The van der Waals surface area contributed by atoms with Gasteiger partial charge in [-0.25, -0.2) is 0 Å². The predicted molar refractivity (Wildman–Crippen MR) is 123 cm³/mol. The zero-order valence-electron chi connectivity index (χ0n) is 17.8. The van der Waals surface area contributed by atoms with Crippen molar-refractivity contribution in [3.05, 3.63) is 81.7 Å². The van der Waals surface area contributed by atoms with Crippen molar-refractivity contribution in [2.24, 2.45) is 0 Å². The number of carbonyl (C=O) groups is 2. The van der Waals surface area contributed by atoms with Crippen molar-refractivity contribution in [2.75, 3.05) is 0 Å². The molecule has 2 aliphatic carbocycles. The molecule has 3 aliphatic rings. The lowest BCUT2D eigenvalue weighted by Crippen LogP contribution is -2.36. The smallest absolute Gasteiger partial charge is 0.339 e. The Morgan fingerprint density at radius 1 is 0.848 bits per heavy atom. The van der Waals surface area contributed by atoms with Crippen LogP contribution in [0, 0.1) is 0 Å². The maximum Gasteiger partial charge on any atom is 0.339 e. The average Bonchev–Trinajstić information content (AvgIpc) is 2.78. The molecule has 0 saturated carbocycles. The van der Waals surface area contributed by atoms with E-state index in [0.717, 1.165) is 37.1 Å². The second kappa shape index (κ2) is 8.47. The van der Waals surface area contributed by atoms with Crippen molar-refractivity contribution in [3.8, 4) is 5.75 Å². The van der Waals surface area contributed by atoms with Crippen LogP contribution < -0.4 is 9.50 Å². The zero-order valence-corrected chi connectivity index (χ0v) is 19.3. The Morgan fingerprint density at radius 2 is 1.45 bits per heavy atom. The van der Waals surface area contributed by atoms with Gasteiger partial charge < -0.3 is 9.50 Å².